The number of aromatic nitrogens is 1. The van der Waals surface area contributed by atoms with Crippen LogP contribution in [0.3, 0.4) is 0 Å². The quantitative estimate of drug-likeness (QED) is 0.774. The molecule has 2 aromatic rings. The third-order valence-electron chi connectivity index (χ3n) is 4.25. The van der Waals surface area contributed by atoms with Crippen LogP contribution in [0.1, 0.15) is 5.69 Å². The van der Waals surface area contributed by atoms with Gasteiger partial charge in [-0.05, 0) is 12.1 Å². The van der Waals surface area contributed by atoms with Crippen molar-refractivity contribution in [1.29, 1.82) is 0 Å². The minimum Gasteiger partial charge on any atom is -0.340 e. The van der Waals surface area contributed by atoms with E-state index in [1.807, 2.05) is 36.1 Å². The average Bonchev–Trinajstić information content (AvgIpc) is 2.56. The van der Waals surface area contributed by atoms with Gasteiger partial charge >= 0.3 is 0 Å². The van der Waals surface area contributed by atoms with Crippen LogP contribution in [0.4, 0.5) is 0 Å². The lowest BCUT2D eigenvalue weighted by molar-refractivity contribution is -0.425. The normalized spacial score (nSPS) is 16.1. The number of carbonyl (C=O) groups excluding carboxylic acids is 1. The summed E-state index contributed by atoms with van der Waals surface area (Å²) in [6.07, 6.45) is 0.100. The van der Waals surface area contributed by atoms with Crippen LogP contribution in [0, 0.1) is 4.91 Å². The fourth-order valence-electron chi connectivity index (χ4n) is 2.83. The number of hydrogen-bond acceptors (Lipinski definition) is 5. The van der Waals surface area contributed by atoms with Crippen LogP contribution in [-0.2, 0) is 11.2 Å². The van der Waals surface area contributed by atoms with E-state index in [0.29, 0.717) is 23.8 Å². The highest BCUT2D eigenvalue weighted by molar-refractivity contribution is 7.09. The molecular weight excluding hydrogens is 348 g/mol. The highest BCUT2D eigenvalue weighted by atomic mass is 35.5. The molecular formula is C16H20ClN4O2S+. The standard InChI is InChI=1S/C16H20ClN4O2S/c1-18(2)20-8-6-19(7-9-20)16(22)11-12-10-13-14(17)4-3-5-15(13)24-21(12)23/h3-5,10H,6-9,11H2,1-2H3/q+1. The van der Waals surface area contributed by atoms with E-state index >= 15 is 0 Å². The first-order valence-electron chi connectivity index (χ1n) is 7.80. The minimum atomic E-state index is -0.0170. The van der Waals surface area contributed by atoms with E-state index in [9.17, 15) is 9.70 Å². The van der Waals surface area contributed by atoms with E-state index in [0.717, 1.165) is 38.5 Å². The monoisotopic (exact) mass is 367 g/mol. The molecule has 3 rings (SSSR count). The Morgan fingerprint density at radius 1 is 1.29 bits per heavy atom. The molecule has 0 bridgehead atoms. The summed E-state index contributed by atoms with van der Waals surface area (Å²) in [5.74, 6) is -0.0170. The van der Waals surface area contributed by atoms with Crippen molar-refractivity contribution in [3.63, 3.8) is 0 Å². The second-order valence-electron chi connectivity index (χ2n) is 5.99. The van der Waals surface area contributed by atoms with Crippen LogP contribution in [-0.4, -0.2) is 61.1 Å². The Bertz CT molecular complexity index is 815. The Balaban J connectivity index is 1.75. The molecule has 0 saturated carbocycles. The van der Waals surface area contributed by atoms with Gasteiger partial charge in [-0.1, -0.05) is 17.7 Å². The first-order valence-corrected chi connectivity index (χ1v) is 8.95. The van der Waals surface area contributed by atoms with E-state index in [4.69, 9.17) is 11.6 Å². The zero-order valence-electron chi connectivity index (χ0n) is 13.7. The number of carbonyl (C=O) groups is 1. The fourth-order valence-corrected chi connectivity index (χ4v) is 3.94. The van der Waals surface area contributed by atoms with Crippen LogP contribution >= 0.6 is 23.1 Å². The maximum Gasteiger partial charge on any atom is 0.266 e. The van der Waals surface area contributed by atoms with Gasteiger partial charge in [0.05, 0.1) is 0 Å². The molecule has 1 aromatic heterocycles. The van der Waals surface area contributed by atoms with Crippen molar-refractivity contribution >= 4 is 39.1 Å². The molecule has 1 aliphatic rings. The van der Waals surface area contributed by atoms with E-state index in [1.165, 1.54) is 0 Å². The first-order chi connectivity index (χ1) is 11.5. The molecule has 0 atom stereocenters. The number of hydrazine groups is 1. The SMILES string of the molecule is CN(C)N1CCN(C(=O)Cc2cc3c(Cl)cccc3s[n+]2=O)CC1. The third-order valence-corrected chi connectivity index (χ3v) is 5.53. The second kappa shape index (κ2) is 7.14. The van der Waals surface area contributed by atoms with Gasteiger partial charge in [-0.15, -0.1) is 0 Å². The number of fused-ring (bicyclic) bond motifs is 1. The first kappa shape index (κ1) is 17.3. The van der Waals surface area contributed by atoms with Gasteiger partial charge in [0.15, 0.2) is 0 Å². The molecule has 128 valence electrons. The smallest absolute Gasteiger partial charge is 0.266 e. The van der Waals surface area contributed by atoms with Gasteiger partial charge in [0, 0.05) is 61.7 Å². The molecule has 6 nitrogen and oxygen atoms in total. The number of halogens is 1. The summed E-state index contributed by atoms with van der Waals surface area (Å²) in [5, 5.41) is 5.64. The lowest BCUT2D eigenvalue weighted by Gasteiger charge is -2.37. The Hall–Kier alpha value is -1.54. The van der Waals surface area contributed by atoms with E-state index < -0.39 is 0 Å². The molecule has 0 aliphatic carbocycles. The summed E-state index contributed by atoms with van der Waals surface area (Å²) >= 11 is 7.27. The number of nitrogens with zero attached hydrogens (tertiary/aromatic N) is 4. The molecule has 1 aromatic carbocycles. The summed E-state index contributed by atoms with van der Waals surface area (Å²) in [6.45, 7) is 2.96. The third kappa shape index (κ3) is 3.59. The van der Waals surface area contributed by atoms with Crippen molar-refractivity contribution in [1.82, 2.24) is 14.9 Å². The topological polar surface area (TPSA) is 49.8 Å². The molecule has 1 aliphatic heterocycles. The Labute approximate surface area is 149 Å². The van der Waals surface area contributed by atoms with Gasteiger partial charge in [0.1, 0.15) is 14.9 Å². The molecule has 1 saturated heterocycles. The highest BCUT2D eigenvalue weighted by Crippen LogP contribution is 2.25. The van der Waals surface area contributed by atoms with Crippen molar-refractivity contribution in [3.05, 3.63) is 39.9 Å². The van der Waals surface area contributed by atoms with Crippen LogP contribution in [0.2, 0.25) is 5.02 Å². The summed E-state index contributed by atoms with van der Waals surface area (Å²) in [5.41, 5.74) is 0.445. The predicted molar refractivity (Wildman–Crippen MR) is 95.7 cm³/mol. The summed E-state index contributed by atoms with van der Waals surface area (Å²) in [7, 11) is 4.00. The van der Waals surface area contributed by atoms with Gasteiger partial charge in [-0.25, -0.2) is 10.0 Å². The highest BCUT2D eigenvalue weighted by Gasteiger charge is 2.25. The van der Waals surface area contributed by atoms with Crippen LogP contribution in [0.5, 0.6) is 0 Å². The number of benzene rings is 1. The van der Waals surface area contributed by atoms with Gasteiger partial charge < -0.3 is 4.90 Å². The van der Waals surface area contributed by atoms with E-state index in [-0.39, 0.29) is 12.3 Å². The maximum atomic E-state index is 12.5. The molecule has 0 spiro atoms. The molecule has 24 heavy (non-hydrogen) atoms. The second-order valence-corrected chi connectivity index (χ2v) is 7.36. The number of rotatable bonds is 3. The van der Waals surface area contributed by atoms with E-state index in [2.05, 4.69) is 5.01 Å². The van der Waals surface area contributed by atoms with Crippen molar-refractivity contribution < 1.29 is 8.61 Å². The molecule has 2 heterocycles. The molecule has 0 unspecified atom stereocenters. The van der Waals surface area contributed by atoms with Gasteiger partial charge in [0.25, 0.3) is 5.69 Å². The summed E-state index contributed by atoms with van der Waals surface area (Å²) in [4.78, 5) is 26.6. The zero-order chi connectivity index (χ0) is 17.3. The average molecular weight is 368 g/mol. The van der Waals surface area contributed by atoms with Crippen molar-refractivity contribution in [2.45, 2.75) is 6.42 Å². The summed E-state index contributed by atoms with van der Waals surface area (Å²) < 4.78 is 1.63. The number of hydrogen-bond donors (Lipinski definition) is 0. The predicted octanol–water partition coefficient (Wildman–Crippen LogP) is 1.63. The number of amides is 1. The lowest BCUT2D eigenvalue weighted by Crippen LogP contribution is -2.53. The largest absolute Gasteiger partial charge is 0.340 e. The van der Waals surface area contributed by atoms with Gasteiger partial charge in [0.2, 0.25) is 17.4 Å². The summed E-state index contributed by atoms with van der Waals surface area (Å²) in [6, 6.07) is 7.19. The Kier molecular flexibility index (Phi) is 5.15. The molecule has 1 fully saturated rings. The van der Waals surface area contributed by atoms with Crippen LogP contribution in [0.25, 0.3) is 10.1 Å². The number of piperazine rings is 1. The van der Waals surface area contributed by atoms with Crippen molar-refractivity contribution in [2.24, 2.45) is 0 Å². The fraction of sp³-hybridized carbons (Fsp3) is 0.438. The minimum absolute atomic E-state index is 0.0170. The van der Waals surface area contributed by atoms with Crippen molar-refractivity contribution in [3.8, 4) is 0 Å². The molecule has 1 amide bonds. The van der Waals surface area contributed by atoms with Crippen molar-refractivity contribution in [2.75, 3.05) is 40.3 Å². The van der Waals surface area contributed by atoms with E-state index in [1.54, 1.807) is 12.1 Å². The maximum absolute atomic E-state index is 12.5. The van der Waals surface area contributed by atoms with Crippen LogP contribution in [0.15, 0.2) is 24.3 Å². The molecule has 0 N–H and O–H groups in total. The van der Waals surface area contributed by atoms with Crippen LogP contribution < -0.4 is 3.82 Å². The lowest BCUT2D eigenvalue weighted by atomic mass is 10.2. The zero-order valence-corrected chi connectivity index (χ0v) is 15.3. The van der Waals surface area contributed by atoms with Gasteiger partial charge in [-0.2, -0.15) is 0 Å². The molecule has 0 radical (unpaired) electrons. The Morgan fingerprint density at radius 3 is 2.67 bits per heavy atom. The molecule has 8 heteroatoms. The van der Waals surface area contributed by atoms with Gasteiger partial charge in [-0.3, -0.25) is 4.79 Å². The Morgan fingerprint density at radius 2 is 2.00 bits per heavy atom.